The molecule has 1 aromatic rings. The summed E-state index contributed by atoms with van der Waals surface area (Å²) in [6, 6.07) is 7.33. The van der Waals surface area contributed by atoms with Crippen LogP contribution < -0.4 is 10.1 Å². The number of rotatable bonds is 9. The lowest BCUT2D eigenvalue weighted by Crippen LogP contribution is -2.58. The number of benzene rings is 1. The number of Topliss-reactive ketones (excluding diaryl/α,β-unsaturated/α-hetero) is 1. The number of esters is 1. The topological polar surface area (TPSA) is 119 Å². The van der Waals surface area contributed by atoms with Crippen LogP contribution in [0.25, 0.3) is 0 Å². The van der Waals surface area contributed by atoms with Gasteiger partial charge in [-0.05, 0) is 91.9 Å². The average Bonchev–Trinajstić information content (AvgIpc) is 3.25. The number of carbonyl (C=O) groups excluding carboxylic acids is 4. The minimum Gasteiger partial charge on any atom is -0.497 e. The molecule has 2 N–H and O–H groups in total. The Bertz CT molecular complexity index is 1240. The van der Waals surface area contributed by atoms with Crippen LogP contribution in [0.2, 0.25) is 0 Å². The fourth-order valence-electron chi connectivity index (χ4n) is 8.62. The summed E-state index contributed by atoms with van der Waals surface area (Å²) in [6.07, 6.45) is 7.90. The number of ether oxygens (including phenoxy) is 2. The molecule has 0 heterocycles. The van der Waals surface area contributed by atoms with Gasteiger partial charge in [0.25, 0.3) is 0 Å². The van der Waals surface area contributed by atoms with Gasteiger partial charge in [-0.3, -0.25) is 19.2 Å². The molecule has 0 aliphatic heterocycles. The van der Waals surface area contributed by atoms with Gasteiger partial charge in [0.2, 0.25) is 11.7 Å². The highest BCUT2D eigenvalue weighted by molar-refractivity contribution is 5.92. The molecule has 4 aliphatic carbocycles. The second-order valence-electron chi connectivity index (χ2n) is 13.0. The van der Waals surface area contributed by atoms with E-state index >= 15 is 0 Å². The molecule has 0 spiro atoms. The molecule has 3 fully saturated rings. The predicted octanol–water partition coefficient (Wildman–Crippen LogP) is 4.47. The Morgan fingerprint density at radius 3 is 2.44 bits per heavy atom. The number of hydrogen-bond donors (Lipinski definition) is 2. The van der Waals surface area contributed by atoms with Crippen LogP contribution in [0.1, 0.15) is 83.6 Å². The van der Waals surface area contributed by atoms with Crippen molar-refractivity contribution in [2.24, 2.45) is 28.6 Å². The van der Waals surface area contributed by atoms with Crippen molar-refractivity contribution in [2.45, 2.75) is 90.2 Å². The number of ketones is 2. The molecule has 3 saturated carbocycles. The molecule has 1 aromatic carbocycles. The SMILES string of the molecule is COc1ccc(CNC(=O)CCC(=O)OCC(=O)C2(O)CCC3C4CCC5=CC(=O)CCC5(C)C4CCC32C)cc1. The number of nitrogens with one attached hydrogen (secondary N) is 1. The van der Waals surface area contributed by atoms with Crippen molar-refractivity contribution in [3.8, 4) is 5.75 Å². The first-order valence-electron chi connectivity index (χ1n) is 15.0. The van der Waals surface area contributed by atoms with Crippen LogP contribution in [0.4, 0.5) is 0 Å². The molecule has 1 amide bonds. The normalized spacial score (nSPS) is 34.0. The highest BCUT2D eigenvalue weighted by atomic mass is 16.5. The number of carbonyl (C=O) groups is 4. The Labute approximate surface area is 242 Å². The molecule has 4 aliphatic rings. The van der Waals surface area contributed by atoms with E-state index in [0.29, 0.717) is 31.2 Å². The Morgan fingerprint density at radius 2 is 1.71 bits per heavy atom. The van der Waals surface area contributed by atoms with Crippen LogP contribution in [0.15, 0.2) is 35.9 Å². The maximum absolute atomic E-state index is 13.4. The number of aliphatic hydroxyl groups is 1. The summed E-state index contributed by atoms with van der Waals surface area (Å²) < 4.78 is 10.4. The zero-order chi connectivity index (χ0) is 29.4. The van der Waals surface area contributed by atoms with Crippen molar-refractivity contribution in [2.75, 3.05) is 13.7 Å². The van der Waals surface area contributed by atoms with Crippen molar-refractivity contribution in [3.05, 3.63) is 41.5 Å². The lowest BCUT2D eigenvalue weighted by Gasteiger charge is -2.58. The summed E-state index contributed by atoms with van der Waals surface area (Å²) in [5.41, 5.74) is 0.133. The van der Waals surface area contributed by atoms with E-state index in [9.17, 15) is 24.3 Å². The number of hydrogen-bond acceptors (Lipinski definition) is 7. The van der Waals surface area contributed by atoms with Crippen molar-refractivity contribution in [1.82, 2.24) is 5.32 Å². The largest absolute Gasteiger partial charge is 0.497 e. The molecule has 8 nitrogen and oxygen atoms in total. The van der Waals surface area contributed by atoms with E-state index in [-0.39, 0.29) is 35.9 Å². The van der Waals surface area contributed by atoms with Gasteiger partial charge in [-0.1, -0.05) is 31.6 Å². The van der Waals surface area contributed by atoms with Crippen molar-refractivity contribution >= 4 is 23.4 Å². The number of amides is 1. The Morgan fingerprint density at radius 1 is 0.976 bits per heavy atom. The van der Waals surface area contributed by atoms with Crippen molar-refractivity contribution < 1.29 is 33.8 Å². The number of methoxy groups -OCH3 is 1. The summed E-state index contributed by atoms with van der Waals surface area (Å²) in [4.78, 5) is 50.1. The van der Waals surface area contributed by atoms with Crippen molar-refractivity contribution in [3.63, 3.8) is 0 Å². The van der Waals surface area contributed by atoms with Crippen LogP contribution in [0.3, 0.4) is 0 Å². The molecule has 41 heavy (non-hydrogen) atoms. The molecule has 8 heteroatoms. The number of fused-ring (bicyclic) bond motifs is 5. The van der Waals surface area contributed by atoms with Crippen LogP contribution in [0, 0.1) is 28.6 Å². The Kier molecular flexibility index (Phi) is 8.16. The minimum absolute atomic E-state index is 0.0271. The van der Waals surface area contributed by atoms with Crippen LogP contribution in [-0.2, 0) is 30.5 Å². The molecule has 0 aromatic heterocycles. The monoisotopic (exact) mass is 565 g/mol. The van der Waals surface area contributed by atoms with E-state index in [4.69, 9.17) is 9.47 Å². The van der Waals surface area contributed by atoms with E-state index in [2.05, 4.69) is 12.2 Å². The van der Waals surface area contributed by atoms with Crippen LogP contribution >= 0.6 is 0 Å². The fourth-order valence-corrected chi connectivity index (χ4v) is 8.62. The third-order valence-corrected chi connectivity index (χ3v) is 11.1. The van der Waals surface area contributed by atoms with Gasteiger partial charge in [0.05, 0.1) is 13.5 Å². The van der Waals surface area contributed by atoms with Gasteiger partial charge in [0.15, 0.2) is 12.4 Å². The van der Waals surface area contributed by atoms with E-state index in [0.717, 1.165) is 49.8 Å². The first-order valence-corrected chi connectivity index (χ1v) is 15.0. The first kappa shape index (κ1) is 29.5. The number of allylic oxidation sites excluding steroid dienone is 1. The molecular weight excluding hydrogens is 522 g/mol. The second-order valence-corrected chi connectivity index (χ2v) is 13.0. The Balaban J connectivity index is 1.12. The third kappa shape index (κ3) is 5.36. The summed E-state index contributed by atoms with van der Waals surface area (Å²) in [6.45, 7) is 4.22. The second kappa shape index (κ2) is 11.3. The van der Waals surface area contributed by atoms with Crippen LogP contribution in [-0.4, -0.2) is 47.9 Å². The average molecular weight is 566 g/mol. The lowest BCUT2D eigenvalue weighted by atomic mass is 9.46. The molecule has 6 atom stereocenters. The summed E-state index contributed by atoms with van der Waals surface area (Å²) in [5, 5.41) is 14.6. The highest BCUT2D eigenvalue weighted by Crippen LogP contribution is 2.67. The third-order valence-electron chi connectivity index (χ3n) is 11.1. The van der Waals surface area contributed by atoms with Gasteiger partial charge in [-0.15, -0.1) is 0 Å². The van der Waals surface area contributed by atoms with Crippen molar-refractivity contribution in [1.29, 1.82) is 0 Å². The molecule has 6 unspecified atom stereocenters. The maximum atomic E-state index is 13.4. The zero-order valence-electron chi connectivity index (χ0n) is 24.5. The first-order chi connectivity index (χ1) is 19.5. The maximum Gasteiger partial charge on any atom is 0.306 e. The highest BCUT2D eigenvalue weighted by Gasteiger charge is 2.66. The quantitative estimate of drug-likeness (QED) is 0.424. The van der Waals surface area contributed by atoms with Gasteiger partial charge in [-0.25, -0.2) is 0 Å². The predicted molar refractivity (Wildman–Crippen MR) is 152 cm³/mol. The standard InChI is InChI=1S/C33H43NO7/c1-31-15-12-23(35)18-22(31)6-9-25-26(31)13-16-32(2)27(25)14-17-33(32,39)28(36)20-41-30(38)11-10-29(37)34-19-21-4-7-24(40-3)8-5-21/h4-5,7-8,18,25-27,39H,6,9-17,19-20H2,1-3H3,(H,34,37). The van der Waals surface area contributed by atoms with E-state index < -0.39 is 29.4 Å². The zero-order valence-corrected chi connectivity index (χ0v) is 24.5. The fraction of sp³-hybridized carbons (Fsp3) is 0.636. The minimum atomic E-state index is -1.53. The smallest absolute Gasteiger partial charge is 0.306 e. The molecule has 5 rings (SSSR count). The molecular formula is C33H43NO7. The van der Waals surface area contributed by atoms with Gasteiger partial charge >= 0.3 is 5.97 Å². The van der Waals surface area contributed by atoms with E-state index in [1.54, 1.807) is 7.11 Å². The van der Waals surface area contributed by atoms with Crippen LogP contribution in [0.5, 0.6) is 5.75 Å². The molecule has 0 radical (unpaired) electrons. The molecule has 222 valence electrons. The van der Waals surface area contributed by atoms with Gasteiger partial charge in [0.1, 0.15) is 11.4 Å². The van der Waals surface area contributed by atoms with Gasteiger partial charge in [-0.2, -0.15) is 0 Å². The Hall–Kier alpha value is -3.00. The van der Waals surface area contributed by atoms with E-state index in [1.165, 1.54) is 5.57 Å². The molecule has 0 bridgehead atoms. The van der Waals surface area contributed by atoms with Gasteiger partial charge in [0, 0.05) is 24.8 Å². The van der Waals surface area contributed by atoms with E-state index in [1.807, 2.05) is 37.3 Å². The lowest BCUT2D eigenvalue weighted by molar-refractivity contribution is -0.170. The van der Waals surface area contributed by atoms with Gasteiger partial charge < -0.3 is 19.9 Å². The molecule has 0 saturated heterocycles. The summed E-state index contributed by atoms with van der Waals surface area (Å²) >= 11 is 0. The summed E-state index contributed by atoms with van der Waals surface area (Å²) in [7, 11) is 1.59. The summed E-state index contributed by atoms with van der Waals surface area (Å²) in [5.74, 6) is 0.698.